The standard InChI is InChI=1S/C18H11N3/c19-11-18-16(13-6-2-1-3-7-13)10-17-15-9-5-4-8-14(15)12-20-21(17)18/h1-10,12H. The second kappa shape index (κ2) is 4.46. The first kappa shape index (κ1) is 11.7. The Balaban J connectivity index is 2.14. The van der Waals surface area contributed by atoms with E-state index in [0.29, 0.717) is 5.69 Å². The summed E-state index contributed by atoms with van der Waals surface area (Å²) in [5, 5.41) is 16.1. The van der Waals surface area contributed by atoms with E-state index >= 15 is 0 Å². The molecule has 0 radical (unpaired) electrons. The second-order valence-electron chi connectivity index (χ2n) is 4.91. The van der Waals surface area contributed by atoms with Crippen LogP contribution in [0.15, 0.2) is 66.9 Å². The van der Waals surface area contributed by atoms with E-state index in [0.717, 1.165) is 27.4 Å². The lowest BCUT2D eigenvalue weighted by Gasteiger charge is -2.00. The largest absolute Gasteiger partial charge is 0.222 e. The zero-order valence-corrected chi connectivity index (χ0v) is 11.2. The highest BCUT2D eigenvalue weighted by Crippen LogP contribution is 2.30. The summed E-state index contributed by atoms with van der Waals surface area (Å²) in [6, 6.07) is 22.4. The minimum absolute atomic E-state index is 0.571. The minimum Gasteiger partial charge on any atom is -0.222 e. The average molecular weight is 269 g/mol. The zero-order chi connectivity index (χ0) is 14.2. The third-order valence-electron chi connectivity index (χ3n) is 3.72. The highest BCUT2D eigenvalue weighted by molar-refractivity contribution is 5.97. The lowest BCUT2D eigenvalue weighted by molar-refractivity contribution is 0.936. The van der Waals surface area contributed by atoms with Crippen LogP contribution in [-0.2, 0) is 0 Å². The zero-order valence-electron chi connectivity index (χ0n) is 11.2. The normalized spacial score (nSPS) is 10.8. The van der Waals surface area contributed by atoms with Gasteiger partial charge in [0.05, 0.1) is 11.7 Å². The van der Waals surface area contributed by atoms with Crippen LogP contribution < -0.4 is 0 Å². The molecule has 3 nitrogen and oxygen atoms in total. The van der Waals surface area contributed by atoms with E-state index in [1.165, 1.54) is 0 Å². The highest BCUT2D eigenvalue weighted by Gasteiger charge is 2.14. The molecule has 3 heteroatoms. The van der Waals surface area contributed by atoms with Crippen molar-refractivity contribution in [3.63, 3.8) is 0 Å². The fourth-order valence-corrected chi connectivity index (χ4v) is 2.72. The third-order valence-corrected chi connectivity index (χ3v) is 3.72. The van der Waals surface area contributed by atoms with Gasteiger partial charge >= 0.3 is 0 Å². The molecule has 0 N–H and O–H groups in total. The molecule has 0 aliphatic rings. The number of fused-ring (bicyclic) bond motifs is 3. The van der Waals surface area contributed by atoms with Gasteiger partial charge in [-0.2, -0.15) is 10.4 Å². The van der Waals surface area contributed by atoms with Crippen LogP contribution in [0, 0.1) is 11.3 Å². The summed E-state index contributed by atoms with van der Waals surface area (Å²) in [5.74, 6) is 0. The first-order chi connectivity index (χ1) is 10.4. The average Bonchev–Trinajstić information content (AvgIpc) is 2.94. The molecule has 0 unspecified atom stereocenters. The highest BCUT2D eigenvalue weighted by atomic mass is 15.2. The summed E-state index contributed by atoms with van der Waals surface area (Å²) in [6.07, 6.45) is 1.80. The van der Waals surface area contributed by atoms with Crippen LogP contribution in [0.5, 0.6) is 0 Å². The molecule has 0 spiro atoms. The molecule has 0 saturated heterocycles. The number of aromatic nitrogens is 2. The lowest BCUT2D eigenvalue weighted by atomic mass is 10.1. The monoisotopic (exact) mass is 269 g/mol. The molecule has 21 heavy (non-hydrogen) atoms. The van der Waals surface area contributed by atoms with Crippen LogP contribution in [0.4, 0.5) is 0 Å². The van der Waals surface area contributed by atoms with Gasteiger partial charge in [0.1, 0.15) is 6.07 Å². The quantitative estimate of drug-likeness (QED) is 0.523. The Morgan fingerprint density at radius 3 is 2.52 bits per heavy atom. The summed E-state index contributed by atoms with van der Waals surface area (Å²) in [5.41, 5.74) is 3.48. The van der Waals surface area contributed by atoms with Gasteiger partial charge in [-0.1, -0.05) is 54.6 Å². The lowest BCUT2D eigenvalue weighted by Crippen LogP contribution is -1.94. The number of nitriles is 1. The van der Waals surface area contributed by atoms with Crippen molar-refractivity contribution in [2.75, 3.05) is 0 Å². The van der Waals surface area contributed by atoms with Gasteiger partial charge in [0, 0.05) is 16.3 Å². The Labute approximate surface area is 121 Å². The molecule has 4 aromatic rings. The number of hydrogen-bond donors (Lipinski definition) is 0. The van der Waals surface area contributed by atoms with E-state index in [2.05, 4.69) is 17.2 Å². The molecule has 98 valence electrons. The van der Waals surface area contributed by atoms with Gasteiger partial charge in [0.15, 0.2) is 5.69 Å². The van der Waals surface area contributed by atoms with Crippen molar-refractivity contribution in [1.29, 1.82) is 5.26 Å². The second-order valence-corrected chi connectivity index (χ2v) is 4.91. The van der Waals surface area contributed by atoms with Crippen molar-refractivity contribution in [3.05, 3.63) is 72.6 Å². The van der Waals surface area contributed by atoms with E-state index in [1.54, 1.807) is 10.7 Å². The number of hydrogen-bond acceptors (Lipinski definition) is 2. The Hall–Kier alpha value is -3.12. The van der Waals surface area contributed by atoms with E-state index in [4.69, 9.17) is 0 Å². The van der Waals surface area contributed by atoms with Crippen LogP contribution in [0.25, 0.3) is 27.4 Å². The van der Waals surface area contributed by atoms with E-state index in [9.17, 15) is 5.26 Å². The molecule has 2 heterocycles. The maximum Gasteiger partial charge on any atom is 0.150 e. The van der Waals surface area contributed by atoms with E-state index in [1.807, 2.05) is 54.6 Å². The van der Waals surface area contributed by atoms with Crippen molar-refractivity contribution < 1.29 is 0 Å². The summed E-state index contributed by atoms with van der Waals surface area (Å²) in [4.78, 5) is 0. The molecular formula is C18H11N3. The Kier molecular flexibility index (Phi) is 2.48. The molecule has 2 aromatic heterocycles. The molecule has 0 aliphatic carbocycles. The van der Waals surface area contributed by atoms with Gasteiger partial charge in [-0.05, 0) is 11.6 Å². The van der Waals surface area contributed by atoms with Gasteiger partial charge in [-0.15, -0.1) is 0 Å². The predicted octanol–water partition coefficient (Wildman–Crippen LogP) is 4.03. The smallest absolute Gasteiger partial charge is 0.150 e. The molecule has 2 aromatic carbocycles. The molecule has 0 saturated carbocycles. The van der Waals surface area contributed by atoms with Gasteiger partial charge in [-0.3, -0.25) is 0 Å². The summed E-state index contributed by atoms with van der Waals surface area (Å²) < 4.78 is 1.73. The molecular weight excluding hydrogens is 258 g/mol. The molecule has 0 bridgehead atoms. The summed E-state index contributed by atoms with van der Waals surface area (Å²) in [7, 11) is 0. The molecule has 4 rings (SSSR count). The molecule has 0 fully saturated rings. The molecule has 0 atom stereocenters. The van der Waals surface area contributed by atoms with Crippen LogP contribution in [0.2, 0.25) is 0 Å². The van der Waals surface area contributed by atoms with Gasteiger partial charge in [0.25, 0.3) is 0 Å². The Morgan fingerprint density at radius 1 is 0.952 bits per heavy atom. The van der Waals surface area contributed by atoms with Crippen molar-refractivity contribution in [2.45, 2.75) is 0 Å². The van der Waals surface area contributed by atoms with Crippen LogP contribution in [0.1, 0.15) is 5.69 Å². The van der Waals surface area contributed by atoms with Crippen LogP contribution >= 0.6 is 0 Å². The number of rotatable bonds is 1. The maximum absolute atomic E-state index is 9.53. The van der Waals surface area contributed by atoms with Gasteiger partial charge in [-0.25, -0.2) is 4.52 Å². The Morgan fingerprint density at radius 2 is 1.71 bits per heavy atom. The Bertz CT molecular complexity index is 992. The summed E-state index contributed by atoms with van der Waals surface area (Å²) in [6.45, 7) is 0. The first-order valence-electron chi connectivity index (χ1n) is 6.73. The predicted molar refractivity (Wildman–Crippen MR) is 82.8 cm³/mol. The van der Waals surface area contributed by atoms with Crippen molar-refractivity contribution in [1.82, 2.24) is 9.61 Å². The van der Waals surface area contributed by atoms with Crippen molar-refractivity contribution in [3.8, 4) is 17.2 Å². The third kappa shape index (κ3) is 1.70. The summed E-state index contributed by atoms with van der Waals surface area (Å²) >= 11 is 0. The number of benzene rings is 2. The van der Waals surface area contributed by atoms with Gasteiger partial charge in [0.2, 0.25) is 0 Å². The number of nitrogens with zero attached hydrogens (tertiary/aromatic N) is 3. The van der Waals surface area contributed by atoms with Crippen LogP contribution in [0.3, 0.4) is 0 Å². The van der Waals surface area contributed by atoms with Gasteiger partial charge < -0.3 is 0 Å². The fraction of sp³-hybridized carbons (Fsp3) is 0. The topological polar surface area (TPSA) is 41.1 Å². The van der Waals surface area contributed by atoms with E-state index < -0.39 is 0 Å². The maximum atomic E-state index is 9.53. The first-order valence-corrected chi connectivity index (χ1v) is 6.73. The van der Waals surface area contributed by atoms with Crippen molar-refractivity contribution >= 4 is 16.3 Å². The van der Waals surface area contributed by atoms with E-state index in [-0.39, 0.29) is 0 Å². The SMILES string of the molecule is N#Cc1c(-c2ccccc2)cc2c3ccccc3cnn12. The minimum atomic E-state index is 0.571. The molecule has 0 aliphatic heterocycles. The van der Waals surface area contributed by atoms with Crippen LogP contribution in [-0.4, -0.2) is 9.61 Å². The van der Waals surface area contributed by atoms with Crippen molar-refractivity contribution in [2.24, 2.45) is 0 Å². The molecule has 0 amide bonds. The fourth-order valence-electron chi connectivity index (χ4n) is 2.72.